The molecule has 3 N–H and O–H groups in total. The van der Waals surface area contributed by atoms with Crippen LogP contribution >= 0.6 is 12.4 Å². The maximum atomic E-state index is 12.6. The highest BCUT2D eigenvalue weighted by Gasteiger charge is 2.31. The Morgan fingerprint density at radius 2 is 2.05 bits per heavy atom. The van der Waals surface area contributed by atoms with Gasteiger partial charge in [-0.05, 0) is 42.9 Å². The van der Waals surface area contributed by atoms with Crippen molar-refractivity contribution in [2.45, 2.75) is 44.2 Å². The summed E-state index contributed by atoms with van der Waals surface area (Å²) in [6.45, 7) is 1.26. The summed E-state index contributed by atoms with van der Waals surface area (Å²) in [7, 11) is 0. The first-order valence-electron chi connectivity index (χ1n) is 7.99. The number of nitrogens with two attached hydrogens (primary N) is 1. The molecule has 1 aromatic carbocycles. The highest BCUT2D eigenvalue weighted by Crippen LogP contribution is 2.29. The van der Waals surface area contributed by atoms with Crippen LogP contribution in [0.15, 0.2) is 24.3 Å². The van der Waals surface area contributed by atoms with E-state index in [1.165, 1.54) is 18.4 Å². The van der Waals surface area contributed by atoms with E-state index in [1.807, 2.05) is 18.2 Å². The minimum Gasteiger partial charge on any atom is -0.363 e. The third kappa shape index (κ3) is 3.62. The molecule has 1 amide bonds. The zero-order valence-electron chi connectivity index (χ0n) is 12.8. The summed E-state index contributed by atoms with van der Waals surface area (Å²) >= 11 is 0. The zero-order chi connectivity index (χ0) is 14.7. The lowest BCUT2D eigenvalue weighted by Gasteiger charge is -2.33. The van der Waals surface area contributed by atoms with Crippen molar-refractivity contribution >= 4 is 18.3 Å². The van der Waals surface area contributed by atoms with Crippen molar-refractivity contribution in [1.82, 2.24) is 5.32 Å². The summed E-state index contributed by atoms with van der Waals surface area (Å²) in [4.78, 5) is 12.6. The SMILES string of the molecule is Cl.NCC1CCCCC1NC(=O)C1OCCc2ccccc21. The van der Waals surface area contributed by atoms with E-state index < -0.39 is 6.10 Å². The number of hydrogen-bond acceptors (Lipinski definition) is 3. The fraction of sp³-hybridized carbons (Fsp3) is 0.588. The molecule has 0 aromatic heterocycles. The standard InChI is InChI=1S/C17H24N2O2.ClH/c18-11-13-6-2-4-8-15(13)19-17(20)16-14-7-3-1-5-12(14)9-10-21-16;/h1,3,5,7,13,15-16H,2,4,6,8-11,18H2,(H,19,20);1H. The number of amides is 1. The van der Waals surface area contributed by atoms with Gasteiger partial charge in [-0.15, -0.1) is 12.4 Å². The molecular formula is C17H25ClN2O2. The van der Waals surface area contributed by atoms with Crippen molar-refractivity contribution < 1.29 is 9.53 Å². The van der Waals surface area contributed by atoms with Crippen LogP contribution in [0.1, 0.15) is 42.9 Å². The maximum Gasteiger partial charge on any atom is 0.254 e. The number of rotatable bonds is 3. The monoisotopic (exact) mass is 324 g/mol. The zero-order valence-corrected chi connectivity index (χ0v) is 13.6. The summed E-state index contributed by atoms with van der Waals surface area (Å²) in [5.74, 6) is 0.397. The van der Waals surface area contributed by atoms with E-state index in [1.54, 1.807) is 0 Å². The molecular weight excluding hydrogens is 300 g/mol. The van der Waals surface area contributed by atoms with E-state index in [9.17, 15) is 4.79 Å². The van der Waals surface area contributed by atoms with Gasteiger partial charge in [0.25, 0.3) is 5.91 Å². The first kappa shape index (κ1) is 17.3. The smallest absolute Gasteiger partial charge is 0.254 e. The van der Waals surface area contributed by atoms with Crippen LogP contribution in [0.5, 0.6) is 0 Å². The van der Waals surface area contributed by atoms with E-state index in [2.05, 4.69) is 11.4 Å². The quantitative estimate of drug-likeness (QED) is 0.897. The Labute approximate surface area is 138 Å². The molecule has 5 heteroatoms. The Balaban J connectivity index is 0.00000176. The van der Waals surface area contributed by atoms with Crippen molar-refractivity contribution in [3.05, 3.63) is 35.4 Å². The first-order chi connectivity index (χ1) is 10.3. The molecule has 1 aliphatic carbocycles. The minimum absolute atomic E-state index is 0. The molecule has 0 saturated heterocycles. The van der Waals surface area contributed by atoms with Crippen LogP contribution in [-0.4, -0.2) is 25.1 Å². The van der Waals surface area contributed by atoms with Crippen molar-refractivity contribution in [3.63, 3.8) is 0 Å². The molecule has 1 aromatic rings. The highest BCUT2D eigenvalue weighted by atomic mass is 35.5. The molecule has 0 spiro atoms. The van der Waals surface area contributed by atoms with E-state index in [0.717, 1.165) is 24.8 Å². The normalized spacial score (nSPS) is 27.4. The largest absolute Gasteiger partial charge is 0.363 e. The van der Waals surface area contributed by atoms with Gasteiger partial charge in [0.15, 0.2) is 6.10 Å². The number of ether oxygens (including phenoxy) is 1. The molecule has 0 bridgehead atoms. The maximum absolute atomic E-state index is 12.6. The predicted octanol–water partition coefficient (Wildman–Crippen LogP) is 2.36. The van der Waals surface area contributed by atoms with Gasteiger partial charge in [0.2, 0.25) is 0 Å². The van der Waals surface area contributed by atoms with Crippen LogP contribution < -0.4 is 11.1 Å². The van der Waals surface area contributed by atoms with Gasteiger partial charge in [-0.1, -0.05) is 37.1 Å². The van der Waals surface area contributed by atoms with Gasteiger partial charge in [-0.3, -0.25) is 4.79 Å². The number of fused-ring (bicyclic) bond motifs is 1. The average molecular weight is 325 g/mol. The van der Waals surface area contributed by atoms with Gasteiger partial charge in [0.05, 0.1) is 6.61 Å². The second kappa shape index (κ2) is 7.95. The second-order valence-electron chi connectivity index (χ2n) is 6.09. The van der Waals surface area contributed by atoms with Crippen LogP contribution in [-0.2, 0) is 16.0 Å². The summed E-state index contributed by atoms with van der Waals surface area (Å²) in [6.07, 6.45) is 4.95. The molecule has 0 radical (unpaired) electrons. The molecule has 2 aliphatic rings. The summed E-state index contributed by atoms with van der Waals surface area (Å²) in [5, 5.41) is 3.19. The lowest BCUT2D eigenvalue weighted by atomic mass is 9.84. The van der Waals surface area contributed by atoms with Gasteiger partial charge in [0.1, 0.15) is 0 Å². The van der Waals surface area contributed by atoms with Crippen molar-refractivity contribution in [3.8, 4) is 0 Å². The lowest BCUT2D eigenvalue weighted by Crippen LogP contribution is -2.47. The van der Waals surface area contributed by atoms with Gasteiger partial charge < -0.3 is 15.8 Å². The molecule has 1 aliphatic heterocycles. The van der Waals surface area contributed by atoms with Gasteiger partial charge in [-0.25, -0.2) is 0 Å². The van der Waals surface area contributed by atoms with Crippen LogP contribution in [0.4, 0.5) is 0 Å². The number of hydrogen-bond donors (Lipinski definition) is 2. The Hall–Kier alpha value is -1.10. The summed E-state index contributed by atoms with van der Waals surface area (Å²) in [6, 6.07) is 8.28. The van der Waals surface area contributed by atoms with Gasteiger partial charge in [-0.2, -0.15) is 0 Å². The number of carbonyl (C=O) groups excluding carboxylic acids is 1. The molecule has 1 heterocycles. The van der Waals surface area contributed by atoms with Crippen molar-refractivity contribution in [2.24, 2.45) is 11.7 Å². The van der Waals surface area contributed by atoms with E-state index in [0.29, 0.717) is 19.1 Å². The first-order valence-corrected chi connectivity index (χ1v) is 7.99. The van der Waals surface area contributed by atoms with Crippen LogP contribution in [0, 0.1) is 5.92 Å². The van der Waals surface area contributed by atoms with E-state index in [4.69, 9.17) is 10.5 Å². The van der Waals surface area contributed by atoms with Crippen molar-refractivity contribution in [2.75, 3.05) is 13.2 Å². The Bertz CT molecular complexity index is 509. The van der Waals surface area contributed by atoms with E-state index >= 15 is 0 Å². The fourth-order valence-electron chi connectivity index (χ4n) is 3.55. The predicted molar refractivity (Wildman–Crippen MR) is 89.0 cm³/mol. The molecule has 3 rings (SSSR count). The molecule has 22 heavy (non-hydrogen) atoms. The molecule has 3 atom stereocenters. The third-order valence-electron chi connectivity index (χ3n) is 4.77. The van der Waals surface area contributed by atoms with Gasteiger partial charge in [0, 0.05) is 6.04 Å². The molecule has 122 valence electrons. The number of nitrogens with one attached hydrogen (secondary N) is 1. The molecule has 1 fully saturated rings. The van der Waals surface area contributed by atoms with Crippen LogP contribution in [0.25, 0.3) is 0 Å². The topological polar surface area (TPSA) is 64.3 Å². The van der Waals surface area contributed by atoms with Crippen molar-refractivity contribution in [1.29, 1.82) is 0 Å². The van der Waals surface area contributed by atoms with Gasteiger partial charge >= 0.3 is 0 Å². The Morgan fingerprint density at radius 1 is 1.27 bits per heavy atom. The molecule has 1 saturated carbocycles. The number of halogens is 1. The van der Waals surface area contributed by atoms with Crippen LogP contribution in [0.3, 0.4) is 0 Å². The highest BCUT2D eigenvalue weighted by molar-refractivity contribution is 5.85. The Morgan fingerprint density at radius 3 is 2.86 bits per heavy atom. The third-order valence-corrected chi connectivity index (χ3v) is 4.77. The Kier molecular flexibility index (Phi) is 6.24. The van der Waals surface area contributed by atoms with Crippen LogP contribution in [0.2, 0.25) is 0 Å². The summed E-state index contributed by atoms with van der Waals surface area (Å²) in [5.41, 5.74) is 8.08. The van der Waals surface area contributed by atoms with E-state index in [-0.39, 0.29) is 24.4 Å². The fourth-order valence-corrected chi connectivity index (χ4v) is 3.55. The summed E-state index contributed by atoms with van der Waals surface area (Å²) < 4.78 is 5.73. The lowest BCUT2D eigenvalue weighted by molar-refractivity contribution is -0.135. The molecule has 4 nitrogen and oxygen atoms in total. The minimum atomic E-state index is -0.463. The average Bonchev–Trinajstić information content (AvgIpc) is 2.54. The molecule has 3 unspecified atom stereocenters. The number of carbonyl (C=O) groups is 1. The number of benzene rings is 1. The second-order valence-corrected chi connectivity index (χ2v) is 6.09.